The number of ketones is 11. The minimum atomic E-state index is -0.262. The number of likely N-dealkylation sites (N-methyl/N-ethyl adjacent to an activating group) is 5. The number of ether oxygens (including phenoxy) is 2. The zero-order valence-corrected chi connectivity index (χ0v) is 68.4. The first-order chi connectivity index (χ1) is 50.1. The lowest BCUT2D eigenvalue weighted by molar-refractivity contribution is -0.126. The van der Waals surface area contributed by atoms with Crippen LogP contribution in [0.15, 0.2) is 24.3 Å². The molecule has 606 valence electrons. The van der Waals surface area contributed by atoms with Crippen LogP contribution in [0.5, 0.6) is 0 Å². The first-order valence-electron chi connectivity index (χ1n) is 39.8. The summed E-state index contributed by atoms with van der Waals surface area (Å²) in [5.41, 5.74) is 2.33. The number of nitrogens with one attached hydrogen (secondary N) is 7. The van der Waals surface area contributed by atoms with Crippen LogP contribution in [0.2, 0.25) is 0 Å². The van der Waals surface area contributed by atoms with Crippen molar-refractivity contribution in [2.24, 2.45) is 0 Å². The zero-order valence-electron chi connectivity index (χ0n) is 68.4. The van der Waals surface area contributed by atoms with Gasteiger partial charge in [-0.1, -0.05) is 129 Å². The Hall–Kier alpha value is -5.75. The fourth-order valence-electron chi connectivity index (χ4n) is 11.0. The quantitative estimate of drug-likeness (QED) is 0.0298. The van der Waals surface area contributed by atoms with Crippen molar-refractivity contribution in [3.63, 3.8) is 0 Å². The zero-order chi connectivity index (χ0) is 79.9. The van der Waals surface area contributed by atoms with Crippen molar-refractivity contribution in [2.45, 2.75) is 343 Å². The van der Waals surface area contributed by atoms with Crippen LogP contribution in [0.4, 0.5) is 0 Å². The Morgan fingerprint density at radius 2 is 0.629 bits per heavy atom. The molecule has 0 aromatic heterocycles. The molecule has 0 spiro atoms. The topological polar surface area (TPSA) is 325 Å². The summed E-state index contributed by atoms with van der Waals surface area (Å²) in [5.74, 6) is 1.51. The van der Waals surface area contributed by atoms with Crippen molar-refractivity contribution in [1.82, 2.24) is 37.2 Å². The fraction of sp³-hybridized carbons (Fsp3) is 0.771. The number of hydrogen-bond acceptors (Lipinski definition) is 20. The van der Waals surface area contributed by atoms with Gasteiger partial charge >= 0.3 is 0 Å². The van der Waals surface area contributed by atoms with E-state index < -0.39 is 0 Å². The van der Waals surface area contributed by atoms with Crippen LogP contribution in [-0.4, -0.2) is 180 Å². The first-order valence-corrected chi connectivity index (χ1v) is 39.8. The third kappa shape index (κ3) is 72.2. The molecule has 5 atom stereocenters. The lowest BCUT2D eigenvalue weighted by Gasteiger charge is -2.12. The highest BCUT2D eigenvalue weighted by molar-refractivity contribution is 5.88. The summed E-state index contributed by atoms with van der Waals surface area (Å²) in [5, 5.41) is 20.5. The lowest BCUT2D eigenvalue weighted by Crippen LogP contribution is -2.32. The van der Waals surface area contributed by atoms with Gasteiger partial charge in [0.05, 0.1) is 63.0 Å². The van der Waals surface area contributed by atoms with E-state index in [4.69, 9.17) is 9.47 Å². The first kappa shape index (κ1) is 106. The van der Waals surface area contributed by atoms with Gasteiger partial charge < -0.3 is 56.3 Å². The summed E-state index contributed by atoms with van der Waals surface area (Å²) in [6, 6.07) is 7.90. The van der Waals surface area contributed by atoms with Gasteiger partial charge in [0.15, 0.2) is 5.78 Å². The van der Waals surface area contributed by atoms with Crippen molar-refractivity contribution in [3.05, 3.63) is 35.4 Å². The average Bonchev–Trinajstić information content (AvgIpc) is 0.942. The largest absolute Gasteiger partial charge is 0.379 e. The Morgan fingerprint density at radius 1 is 0.305 bits per heavy atom. The summed E-state index contributed by atoms with van der Waals surface area (Å²) in [7, 11) is 9.00. The maximum absolute atomic E-state index is 11.9. The molecule has 1 aromatic rings. The van der Waals surface area contributed by atoms with E-state index in [0.717, 1.165) is 173 Å². The average molecular weight is 1490 g/mol. The maximum Gasteiger partial charge on any atom is 0.224 e. The number of carbonyl (C=O) groups is 13. The van der Waals surface area contributed by atoms with Crippen molar-refractivity contribution in [3.8, 4) is 0 Å². The summed E-state index contributed by atoms with van der Waals surface area (Å²) >= 11 is 0. The molecule has 0 aliphatic rings. The molecule has 105 heavy (non-hydrogen) atoms. The highest BCUT2D eigenvalue weighted by Gasteiger charge is 2.16. The van der Waals surface area contributed by atoms with Gasteiger partial charge in [0.1, 0.15) is 57.8 Å². The molecule has 22 nitrogen and oxygen atoms in total. The minimum Gasteiger partial charge on any atom is -0.379 e. The molecule has 0 heterocycles. The second kappa shape index (κ2) is 75.1. The lowest BCUT2D eigenvalue weighted by atomic mass is 10.0. The van der Waals surface area contributed by atoms with Gasteiger partial charge in [-0.25, -0.2) is 0 Å². The molecule has 1 rings (SSSR count). The Kier molecular flexibility index (Phi) is 75.5. The number of Topliss-reactive ketones (excluding diaryl/α,β-unsaturated/α-hetero) is 11. The summed E-state index contributed by atoms with van der Waals surface area (Å²) in [4.78, 5) is 147. The van der Waals surface area contributed by atoms with Crippen LogP contribution in [0.3, 0.4) is 0 Å². The fourth-order valence-corrected chi connectivity index (χ4v) is 11.0. The van der Waals surface area contributed by atoms with Crippen LogP contribution < -0.4 is 37.2 Å². The number of aryl methyl sites for hydroxylation is 1. The predicted molar refractivity (Wildman–Crippen MR) is 424 cm³/mol. The summed E-state index contributed by atoms with van der Waals surface area (Å²) in [6.07, 6.45) is 31.6. The molecule has 0 radical (unpaired) electrons. The SMILES string of the molecule is CCCCCCCC(=O)CCCCCC(NC)C(C)=O.CCCCOCCOCCC(=O)CCCCCC(NC)C(C)=O.CCc1ccc(CC(=O)NCCCCC(NC)C(C)=O)cc1.CNC(CCCCCC(=O)CCC(C)=O)C(C)=O.CNC(CCCCCC(=O)CNC(=O)CCC(C)=O)C(C)=O. The number of carbonyl (C=O) groups excluding carboxylic acids is 13. The van der Waals surface area contributed by atoms with E-state index in [9.17, 15) is 62.3 Å². The minimum absolute atomic E-state index is 0.00657. The van der Waals surface area contributed by atoms with E-state index in [2.05, 4.69) is 70.1 Å². The molecule has 5 unspecified atom stereocenters. The number of hydrogen-bond donors (Lipinski definition) is 7. The van der Waals surface area contributed by atoms with Crippen LogP contribution in [0, 0.1) is 0 Å². The summed E-state index contributed by atoms with van der Waals surface area (Å²) < 4.78 is 10.8. The van der Waals surface area contributed by atoms with Crippen LogP contribution >= 0.6 is 0 Å². The van der Waals surface area contributed by atoms with Crippen LogP contribution in [0.25, 0.3) is 0 Å². The predicted octanol–water partition coefficient (Wildman–Crippen LogP) is 12.4. The third-order valence-corrected chi connectivity index (χ3v) is 18.1. The molecule has 0 saturated carbocycles. The second-order valence-corrected chi connectivity index (χ2v) is 27.7. The third-order valence-electron chi connectivity index (χ3n) is 18.1. The van der Waals surface area contributed by atoms with Gasteiger partial charge in [-0.05, 0) is 185 Å². The normalized spacial score (nSPS) is 12.1. The molecule has 2 amide bonds. The molecule has 1 aromatic carbocycles. The van der Waals surface area contributed by atoms with E-state index in [-0.39, 0.29) is 119 Å². The summed E-state index contributed by atoms with van der Waals surface area (Å²) in [6.45, 7) is 20.5. The van der Waals surface area contributed by atoms with Gasteiger partial charge in [0.25, 0.3) is 0 Å². The van der Waals surface area contributed by atoms with Crippen molar-refractivity contribution >= 4 is 75.4 Å². The molecule has 0 aliphatic heterocycles. The number of rotatable bonds is 65. The van der Waals surface area contributed by atoms with Gasteiger partial charge in [0, 0.05) is 77.4 Å². The van der Waals surface area contributed by atoms with E-state index in [1.165, 1.54) is 45.1 Å². The number of unbranched alkanes of at least 4 members (excludes halogenated alkanes) is 14. The van der Waals surface area contributed by atoms with E-state index >= 15 is 0 Å². The van der Waals surface area contributed by atoms with Crippen LogP contribution in [0.1, 0.15) is 312 Å². The smallest absolute Gasteiger partial charge is 0.224 e. The number of benzene rings is 1. The molecule has 0 bridgehead atoms. The molecule has 0 saturated heterocycles. The monoisotopic (exact) mass is 1480 g/mol. The molecule has 0 aliphatic carbocycles. The van der Waals surface area contributed by atoms with Crippen molar-refractivity contribution in [2.75, 3.05) is 74.8 Å². The molecule has 22 heteroatoms. The van der Waals surface area contributed by atoms with Crippen molar-refractivity contribution in [1.29, 1.82) is 0 Å². The van der Waals surface area contributed by atoms with Gasteiger partial charge in [0.2, 0.25) is 11.8 Å². The van der Waals surface area contributed by atoms with E-state index in [0.29, 0.717) is 77.1 Å². The molecular weight excluding hydrogens is 1330 g/mol. The second-order valence-electron chi connectivity index (χ2n) is 27.7. The van der Waals surface area contributed by atoms with Gasteiger partial charge in [-0.2, -0.15) is 0 Å². The highest BCUT2D eigenvalue weighted by atomic mass is 16.5. The Bertz CT molecular complexity index is 2490. The standard InChI is InChI=1S/C18H28N2O2.C18H35NO4.C17H33NO2.C16H28N2O4.C14H25NO3/c1-4-15-8-10-16(11-9-15)13-18(22)20-12-6-5-7-17(19-3)14(2)21;1-4-5-12-22-14-15-23-13-11-17(21)9-7-6-8-10-18(19-3)16(2)20;1-4-5-6-7-9-12-16(20)13-10-8-11-14-17(18-3)15(2)19;1-12(19)9-10-16(22)18-11-14(21)7-5-4-6-8-15(17-3)13(2)20;1-11(16)9-10-13(18)7-5-4-6-8-14(15-3)12(2)17/h8-11,17,19H,4-7,12-13H2,1-3H3,(H,20,22);18-19H,4-15H2,1-3H3;17-18H,4-14H2,1-3H3;15,17H,4-11H2,1-3H3,(H,18,22);14-15H,4-10H2,1-3H3. The highest BCUT2D eigenvalue weighted by Crippen LogP contribution is 2.14. The van der Waals surface area contributed by atoms with Crippen molar-refractivity contribution < 1.29 is 71.8 Å². The van der Waals surface area contributed by atoms with Gasteiger partial charge in [-0.3, -0.25) is 52.7 Å². The van der Waals surface area contributed by atoms with Crippen LogP contribution in [-0.2, 0) is 84.6 Å². The molecule has 0 fully saturated rings. The maximum atomic E-state index is 11.9. The van der Waals surface area contributed by atoms with E-state index in [1.807, 2.05) is 26.2 Å². The Balaban J connectivity index is -0.000000609. The Labute approximate surface area is 635 Å². The number of amides is 2. The molecular formula is C83H149N7O15. The van der Waals surface area contributed by atoms with E-state index in [1.54, 1.807) is 55.8 Å². The molecule has 7 N–H and O–H groups in total. The van der Waals surface area contributed by atoms with Gasteiger partial charge in [-0.15, -0.1) is 0 Å². The Morgan fingerprint density at radius 3 is 0.990 bits per heavy atom.